The van der Waals surface area contributed by atoms with Gasteiger partial charge in [0.1, 0.15) is 23.7 Å². The number of amides is 2. The van der Waals surface area contributed by atoms with Crippen LogP contribution < -0.4 is 14.9 Å². The van der Waals surface area contributed by atoms with Crippen molar-refractivity contribution in [2.45, 2.75) is 43.3 Å². The van der Waals surface area contributed by atoms with Crippen LogP contribution in [0, 0.1) is 11.6 Å². The fourth-order valence-corrected chi connectivity index (χ4v) is 5.72. The fourth-order valence-electron chi connectivity index (χ4n) is 4.17. The van der Waals surface area contributed by atoms with Crippen LogP contribution in [0.25, 0.3) is 0 Å². The summed E-state index contributed by atoms with van der Waals surface area (Å²) in [4.78, 5) is 27.7. The van der Waals surface area contributed by atoms with E-state index in [0.29, 0.717) is 6.07 Å². The maximum absolute atomic E-state index is 14.2. The highest BCUT2D eigenvalue weighted by Crippen LogP contribution is 2.39. The maximum Gasteiger partial charge on any atom is 0.252 e. The third-order valence-corrected chi connectivity index (χ3v) is 7.56. The molecule has 7 nitrogen and oxygen atoms in total. The Hall–Kier alpha value is -2.70. The lowest BCUT2D eigenvalue weighted by atomic mass is 9.87. The number of halogens is 5. The number of alkyl halides is 2. The van der Waals surface area contributed by atoms with E-state index in [1.54, 1.807) is 6.07 Å². The van der Waals surface area contributed by atoms with Gasteiger partial charge in [0.25, 0.3) is 5.92 Å². The number of sulfonamides is 1. The second-order valence-corrected chi connectivity index (χ2v) is 10.8. The van der Waals surface area contributed by atoms with Crippen molar-refractivity contribution in [1.82, 2.24) is 10.0 Å². The quantitative estimate of drug-likeness (QED) is 0.557. The van der Waals surface area contributed by atoms with Gasteiger partial charge in [-0.3, -0.25) is 14.5 Å². The summed E-state index contributed by atoms with van der Waals surface area (Å²) in [5.41, 5.74) is -0.325. The number of nitrogens with one attached hydrogen (secondary N) is 2. The maximum atomic E-state index is 14.2. The summed E-state index contributed by atoms with van der Waals surface area (Å²) in [6, 6.07) is 4.18. The van der Waals surface area contributed by atoms with Crippen LogP contribution in [0.15, 0.2) is 42.5 Å². The first-order valence-electron chi connectivity index (χ1n) is 10.6. The van der Waals surface area contributed by atoms with Crippen molar-refractivity contribution < 1.29 is 35.6 Å². The zero-order chi connectivity index (χ0) is 25.5. The van der Waals surface area contributed by atoms with Gasteiger partial charge < -0.3 is 5.32 Å². The molecule has 188 valence electrons. The fraction of sp³-hybridized carbons (Fsp3) is 0.364. The standard InChI is InChI=1S/C22H20ClF4N3O4S/c23-17-4-2-1-3-16(17)19(20(31)28-14-10-22(26,27)11-14)30(15-8-12(24)7-13(25)9-15)21(32)18-5-6-35(33,34)29-18/h1-4,7-9,14,18-19,29H,5-6,10-11H2,(H,28,31). The second-order valence-electron chi connectivity index (χ2n) is 8.51. The Bertz CT molecular complexity index is 1250. The summed E-state index contributed by atoms with van der Waals surface area (Å²) in [7, 11) is -3.77. The summed E-state index contributed by atoms with van der Waals surface area (Å²) in [6.45, 7) is 0. The smallest absolute Gasteiger partial charge is 0.252 e. The van der Waals surface area contributed by atoms with Gasteiger partial charge in [-0.2, -0.15) is 0 Å². The van der Waals surface area contributed by atoms with Crippen LogP contribution in [-0.2, 0) is 19.6 Å². The van der Waals surface area contributed by atoms with Gasteiger partial charge in [0.15, 0.2) is 0 Å². The number of hydrogen-bond donors (Lipinski definition) is 2. The molecule has 1 aliphatic carbocycles. The second kappa shape index (κ2) is 9.40. The summed E-state index contributed by atoms with van der Waals surface area (Å²) in [5.74, 6) is -7.30. The van der Waals surface area contributed by atoms with E-state index in [9.17, 15) is 35.6 Å². The van der Waals surface area contributed by atoms with Crippen molar-refractivity contribution in [3.8, 4) is 0 Å². The van der Waals surface area contributed by atoms with E-state index in [0.717, 1.165) is 17.0 Å². The van der Waals surface area contributed by atoms with Gasteiger partial charge in [-0.05, 0) is 24.6 Å². The molecule has 0 aromatic heterocycles. The number of anilines is 1. The van der Waals surface area contributed by atoms with Gasteiger partial charge >= 0.3 is 0 Å². The van der Waals surface area contributed by atoms with Crippen LogP contribution in [0.5, 0.6) is 0 Å². The molecule has 2 aromatic rings. The summed E-state index contributed by atoms with van der Waals surface area (Å²) in [6.07, 6.45) is -1.38. The molecule has 2 N–H and O–H groups in total. The molecule has 2 fully saturated rings. The van der Waals surface area contributed by atoms with Crippen molar-refractivity contribution in [3.05, 3.63) is 64.7 Å². The minimum Gasteiger partial charge on any atom is -0.351 e. The molecule has 13 heteroatoms. The van der Waals surface area contributed by atoms with Gasteiger partial charge in [-0.1, -0.05) is 29.8 Å². The first kappa shape index (κ1) is 25.4. The Morgan fingerprint density at radius 2 is 1.74 bits per heavy atom. The molecule has 1 saturated carbocycles. The topological polar surface area (TPSA) is 95.6 Å². The normalized spacial score (nSPS) is 21.7. The average Bonchev–Trinajstić information content (AvgIpc) is 3.10. The van der Waals surface area contributed by atoms with Gasteiger partial charge in [0, 0.05) is 35.5 Å². The van der Waals surface area contributed by atoms with Crippen LogP contribution in [0.3, 0.4) is 0 Å². The Morgan fingerprint density at radius 3 is 2.29 bits per heavy atom. The lowest BCUT2D eigenvalue weighted by Crippen LogP contribution is -2.55. The minimum absolute atomic E-state index is 0.0215. The van der Waals surface area contributed by atoms with E-state index in [1.807, 2.05) is 0 Å². The van der Waals surface area contributed by atoms with Crippen LogP contribution in [0.2, 0.25) is 5.02 Å². The zero-order valence-corrected chi connectivity index (χ0v) is 19.6. The Labute approximate surface area is 203 Å². The largest absolute Gasteiger partial charge is 0.351 e. The van der Waals surface area contributed by atoms with Crippen molar-refractivity contribution in [1.29, 1.82) is 0 Å². The molecular formula is C22H20ClF4N3O4S. The van der Waals surface area contributed by atoms with Crippen molar-refractivity contribution in [2.75, 3.05) is 10.7 Å². The number of hydrogen-bond acceptors (Lipinski definition) is 4. The number of rotatable bonds is 6. The Kier molecular flexibility index (Phi) is 6.82. The summed E-state index contributed by atoms with van der Waals surface area (Å²) in [5, 5.41) is 2.46. The zero-order valence-electron chi connectivity index (χ0n) is 18.0. The van der Waals surface area contributed by atoms with E-state index >= 15 is 0 Å². The summed E-state index contributed by atoms with van der Waals surface area (Å²) < 4.78 is 81.0. The lowest BCUT2D eigenvalue weighted by Gasteiger charge is -2.38. The van der Waals surface area contributed by atoms with E-state index < -0.39 is 70.4 Å². The van der Waals surface area contributed by atoms with E-state index in [4.69, 9.17) is 11.6 Å². The van der Waals surface area contributed by atoms with E-state index in [-0.39, 0.29) is 28.4 Å². The van der Waals surface area contributed by atoms with Crippen LogP contribution in [0.1, 0.15) is 30.9 Å². The molecular weight excluding hydrogens is 514 g/mol. The van der Waals surface area contributed by atoms with Crippen LogP contribution in [0.4, 0.5) is 23.2 Å². The summed E-state index contributed by atoms with van der Waals surface area (Å²) >= 11 is 6.30. The molecule has 2 aliphatic rings. The number of nitrogens with zero attached hydrogens (tertiary/aromatic N) is 1. The number of carbonyl (C=O) groups is 2. The molecule has 2 atom stereocenters. The minimum atomic E-state index is -3.77. The Balaban J connectivity index is 1.81. The number of carbonyl (C=O) groups excluding carboxylic acids is 2. The number of benzene rings is 2. The third kappa shape index (κ3) is 5.60. The molecule has 1 heterocycles. The van der Waals surface area contributed by atoms with E-state index in [2.05, 4.69) is 10.0 Å². The molecule has 0 spiro atoms. The monoisotopic (exact) mass is 533 g/mol. The van der Waals surface area contributed by atoms with Gasteiger partial charge in [-0.15, -0.1) is 0 Å². The first-order chi connectivity index (χ1) is 16.3. The Morgan fingerprint density at radius 1 is 1.11 bits per heavy atom. The van der Waals surface area contributed by atoms with Crippen LogP contribution >= 0.6 is 11.6 Å². The molecule has 4 rings (SSSR count). The molecule has 1 saturated heterocycles. The van der Waals surface area contributed by atoms with E-state index in [1.165, 1.54) is 18.2 Å². The average molecular weight is 534 g/mol. The molecule has 0 bridgehead atoms. The molecule has 2 unspecified atom stereocenters. The molecule has 35 heavy (non-hydrogen) atoms. The first-order valence-corrected chi connectivity index (χ1v) is 12.6. The molecule has 2 amide bonds. The van der Waals surface area contributed by atoms with Gasteiger partial charge in [-0.25, -0.2) is 30.7 Å². The lowest BCUT2D eigenvalue weighted by molar-refractivity contribution is -0.133. The van der Waals surface area contributed by atoms with Crippen molar-refractivity contribution in [2.24, 2.45) is 0 Å². The highest BCUT2D eigenvalue weighted by atomic mass is 35.5. The third-order valence-electron chi connectivity index (χ3n) is 5.80. The van der Waals surface area contributed by atoms with Crippen molar-refractivity contribution in [3.63, 3.8) is 0 Å². The molecule has 0 radical (unpaired) electrons. The molecule has 1 aliphatic heterocycles. The van der Waals surface area contributed by atoms with Gasteiger partial charge in [0.2, 0.25) is 21.8 Å². The SMILES string of the molecule is O=C(NC1CC(F)(F)C1)C(c1ccccc1Cl)N(C(=O)C1CCS(=O)(=O)N1)c1cc(F)cc(F)c1. The highest BCUT2D eigenvalue weighted by Gasteiger charge is 2.48. The highest BCUT2D eigenvalue weighted by molar-refractivity contribution is 7.89. The predicted octanol–water partition coefficient (Wildman–Crippen LogP) is 3.30. The molecule has 2 aromatic carbocycles. The van der Waals surface area contributed by atoms with Crippen LogP contribution in [-0.4, -0.2) is 44.0 Å². The van der Waals surface area contributed by atoms with Gasteiger partial charge in [0.05, 0.1) is 11.4 Å². The predicted molar refractivity (Wildman–Crippen MR) is 119 cm³/mol. The van der Waals surface area contributed by atoms with Crippen molar-refractivity contribution >= 4 is 39.1 Å².